The van der Waals surface area contributed by atoms with Crippen LogP contribution >= 0.6 is 23.2 Å². The zero-order valence-corrected chi connectivity index (χ0v) is 29.5. The van der Waals surface area contributed by atoms with Crippen LogP contribution in [0, 0.1) is 0 Å². The molecule has 0 saturated heterocycles. The van der Waals surface area contributed by atoms with Gasteiger partial charge in [0, 0.05) is 33.0 Å². The van der Waals surface area contributed by atoms with E-state index in [1.807, 2.05) is 84.9 Å². The molecule has 0 amide bonds. The van der Waals surface area contributed by atoms with Crippen molar-refractivity contribution in [3.63, 3.8) is 0 Å². The van der Waals surface area contributed by atoms with Gasteiger partial charge < -0.3 is 23.5 Å². The summed E-state index contributed by atoms with van der Waals surface area (Å²) in [5, 5.41) is 5.71. The Morgan fingerprint density at radius 1 is 0.745 bits per heavy atom. The topological polar surface area (TPSA) is 48.0 Å². The zero-order valence-electron chi connectivity index (χ0n) is 28.0. The standard InChI is InChI=1S/C43H35Cl2N2O4/c1-2-29(25-42-46(36-27-32(44)17-19-40(36)50-42)21-23-48-38-15-7-11-30-9-3-5-13-34(30)38)26-43-47(37-28-33(45)18-20-41(37)51-43)22-24-49-39-16-8-12-31-10-4-6-14-35(31)39/h3-20,25-28H,2,21-24H2,1H3/q+1. The van der Waals surface area contributed by atoms with Gasteiger partial charge in [-0.1, -0.05) is 103 Å². The molecule has 0 unspecified atom stereocenters. The molecule has 0 bridgehead atoms. The number of benzene rings is 6. The average molecular weight is 715 g/mol. The molecule has 6 nitrogen and oxygen atoms in total. The van der Waals surface area contributed by atoms with E-state index in [-0.39, 0.29) is 0 Å². The molecule has 8 heteroatoms. The summed E-state index contributed by atoms with van der Waals surface area (Å²) in [6, 6.07) is 40.0. The third-order valence-corrected chi connectivity index (χ3v) is 9.53. The van der Waals surface area contributed by atoms with Crippen molar-refractivity contribution < 1.29 is 23.2 Å². The SMILES string of the molecule is CCC(/C=C1\Oc2ccc(Cl)cc2N1CCOc1cccc2ccccc12)=C\c1oc2ccc(Cl)cc2[n+]1CCOc1cccc2ccccc12. The minimum Gasteiger partial charge on any atom is -0.491 e. The highest BCUT2D eigenvalue weighted by atomic mass is 35.5. The molecule has 0 atom stereocenters. The van der Waals surface area contributed by atoms with Crippen molar-refractivity contribution in [2.45, 2.75) is 19.9 Å². The monoisotopic (exact) mass is 713 g/mol. The normalized spacial score (nSPS) is 13.7. The van der Waals surface area contributed by atoms with Crippen LogP contribution in [0.15, 0.2) is 143 Å². The van der Waals surface area contributed by atoms with Gasteiger partial charge in [0.2, 0.25) is 11.5 Å². The molecule has 0 N–H and O–H groups in total. The molecule has 0 aliphatic carbocycles. The lowest BCUT2D eigenvalue weighted by molar-refractivity contribution is -0.678. The first-order valence-electron chi connectivity index (χ1n) is 17.0. The number of halogens is 2. The number of hydrogen-bond donors (Lipinski definition) is 0. The van der Waals surface area contributed by atoms with Gasteiger partial charge in [-0.25, -0.2) is 0 Å². The Balaban J connectivity index is 1.08. The molecule has 1 aliphatic heterocycles. The predicted molar refractivity (Wildman–Crippen MR) is 206 cm³/mol. The van der Waals surface area contributed by atoms with E-state index in [1.54, 1.807) is 0 Å². The van der Waals surface area contributed by atoms with Crippen LogP contribution in [-0.4, -0.2) is 19.8 Å². The fourth-order valence-corrected chi connectivity index (χ4v) is 6.86. The number of ether oxygens (including phenoxy) is 3. The van der Waals surface area contributed by atoms with Gasteiger partial charge in [-0.2, -0.15) is 4.57 Å². The first-order valence-corrected chi connectivity index (χ1v) is 17.8. The molecule has 1 aromatic heterocycles. The van der Waals surface area contributed by atoms with Gasteiger partial charge in [0.25, 0.3) is 5.52 Å². The second-order valence-electron chi connectivity index (χ2n) is 12.3. The van der Waals surface area contributed by atoms with Gasteiger partial charge >= 0.3 is 5.89 Å². The highest BCUT2D eigenvalue weighted by Gasteiger charge is 2.28. The summed E-state index contributed by atoms with van der Waals surface area (Å²) in [5.74, 6) is 3.81. The summed E-state index contributed by atoms with van der Waals surface area (Å²) in [6.07, 6.45) is 4.85. The van der Waals surface area contributed by atoms with Crippen molar-refractivity contribution in [3.05, 3.63) is 155 Å². The molecule has 254 valence electrons. The zero-order chi connectivity index (χ0) is 34.7. The Bertz CT molecular complexity index is 2440. The maximum Gasteiger partial charge on any atom is 0.374 e. The van der Waals surface area contributed by atoms with Crippen molar-refractivity contribution in [2.24, 2.45) is 0 Å². The second kappa shape index (κ2) is 14.4. The quantitative estimate of drug-likeness (QED) is 0.125. The highest BCUT2D eigenvalue weighted by molar-refractivity contribution is 6.31. The Morgan fingerprint density at radius 3 is 2.12 bits per heavy atom. The number of nitrogens with zero attached hydrogens (tertiary/aromatic N) is 2. The first kappa shape index (κ1) is 32.8. The number of anilines is 1. The van der Waals surface area contributed by atoms with E-state index in [2.05, 4.69) is 64.9 Å². The number of rotatable bonds is 11. The molecule has 0 spiro atoms. The van der Waals surface area contributed by atoms with Gasteiger partial charge in [-0.3, -0.25) is 0 Å². The fraction of sp³-hybridized carbons (Fsp3) is 0.140. The minimum absolute atomic E-state index is 0.437. The van der Waals surface area contributed by atoms with E-state index in [1.165, 1.54) is 0 Å². The highest BCUT2D eigenvalue weighted by Crippen LogP contribution is 2.41. The average Bonchev–Trinajstić information content (AvgIpc) is 3.67. The van der Waals surface area contributed by atoms with E-state index in [0.717, 1.165) is 67.6 Å². The lowest BCUT2D eigenvalue weighted by atomic mass is 10.1. The molecule has 6 aromatic carbocycles. The number of allylic oxidation sites excluding steroid dienone is 2. The van der Waals surface area contributed by atoms with Crippen LogP contribution in [0.4, 0.5) is 5.69 Å². The van der Waals surface area contributed by atoms with Gasteiger partial charge in [0.1, 0.15) is 24.7 Å². The maximum atomic E-state index is 6.47. The number of aromatic nitrogens is 1. The third kappa shape index (κ3) is 6.85. The maximum absolute atomic E-state index is 6.47. The summed E-state index contributed by atoms with van der Waals surface area (Å²) in [5.41, 5.74) is 3.54. The molecule has 1 aliphatic rings. The van der Waals surface area contributed by atoms with Crippen LogP contribution < -0.4 is 23.7 Å². The van der Waals surface area contributed by atoms with Crippen molar-refractivity contribution in [3.8, 4) is 17.2 Å². The molecule has 0 fully saturated rings. The minimum atomic E-state index is 0.437. The van der Waals surface area contributed by atoms with Crippen molar-refractivity contribution in [2.75, 3.05) is 24.7 Å². The van der Waals surface area contributed by atoms with Gasteiger partial charge in [-0.05, 0) is 65.2 Å². The van der Waals surface area contributed by atoms with E-state index < -0.39 is 0 Å². The Hall–Kier alpha value is -5.43. The number of hydrogen-bond acceptors (Lipinski definition) is 5. The van der Waals surface area contributed by atoms with Crippen LogP contribution in [0.1, 0.15) is 19.2 Å². The summed E-state index contributed by atoms with van der Waals surface area (Å²) >= 11 is 12.9. The molecule has 7 aromatic rings. The van der Waals surface area contributed by atoms with E-state index in [0.29, 0.717) is 48.1 Å². The molecule has 2 heterocycles. The molecule has 0 saturated carbocycles. The Morgan fingerprint density at radius 2 is 1.39 bits per heavy atom. The van der Waals surface area contributed by atoms with Gasteiger partial charge in [0.15, 0.2) is 12.3 Å². The molecule has 0 radical (unpaired) electrons. The van der Waals surface area contributed by atoms with Crippen molar-refractivity contribution in [1.82, 2.24) is 0 Å². The smallest absolute Gasteiger partial charge is 0.374 e. The number of oxazole rings is 1. The predicted octanol–water partition coefficient (Wildman–Crippen LogP) is 11.0. The summed E-state index contributed by atoms with van der Waals surface area (Å²) in [4.78, 5) is 2.11. The summed E-state index contributed by atoms with van der Waals surface area (Å²) in [7, 11) is 0. The Labute approximate surface area is 306 Å². The fourth-order valence-electron chi connectivity index (χ4n) is 6.52. The van der Waals surface area contributed by atoms with Crippen LogP contribution in [0.3, 0.4) is 0 Å². The Kier molecular flexibility index (Phi) is 9.27. The molecular formula is C43H35Cl2N2O4+. The number of fused-ring (bicyclic) bond motifs is 4. The largest absolute Gasteiger partial charge is 0.491 e. The van der Waals surface area contributed by atoms with Crippen LogP contribution in [0.5, 0.6) is 17.2 Å². The lowest BCUT2D eigenvalue weighted by Gasteiger charge is -2.19. The first-order chi connectivity index (χ1) is 25.0. The van der Waals surface area contributed by atoms with Gasteiger partial charge in [-0.15, -0.1) is 0 Å². The summed E-state index contributed by atoms with van der Waals surface area (Å²) < 4.78 is 27.7. The van der Waals surface area contributed by atoms with Crippen LogP contribution in [0.2, 0.25) is 10.0 Å². The van der Waals surface area contributed by atoms with Crippen molar-refractivity contribution >= 4 is 67.6 Å². The van der Waals surface area contributed by atoms with Crippen LogP contribution in [-0.2, 0) is 6.54 Å². The van der Waals surface area contributed by atoms with Crippen molar-refractivity contribution in [1.29, 1.82) is 0 Å². The van der Waals surface area contributed by atoms with E-state index in [4.69, 9.17) is 41.8 Å². The lowest BCUT2D eigenvalue weighted by Crippen LogP contribution is -2.38. The van der Waals surface area contributed by atoms with E-state index >= 15 is 0 Å². The second-order valence-corrected chi connectivity index (χ2v) is 13.1. The molecule has 51 heavy (non-hydrogen) atoms. The van der Waals surface area contributed by atoms with E-state index in [9.17, 15) is 0 Å². The third-order valence-electron chi connectivity index (χ3n) is 9.05. The van der Waals surface area contributed by atoms with Gasteiger partial charge in [0.05, 0.1) is 18.3 Å². The van der Waals surface area contributed by atoms with Crippen LogP contribution in [0.25, 0.3) is 38.7 Å². The summed E-state index contributed by atoms with van der Waals surface area (Å²) in [6.45, 7) is 4.09. The molecule has 8 rings (SSSR count). The molecular weight excluding hydrogens is 679 g/mol.